The SMILES string of the molecule is CCNC(=NCc1cc(Cl)ccc1OC(F)F)NCCCNS(C)(=O)=O.I. The van der Waals surface area contributed by atoms with E-state index < -0.39 is 16.6 Å². The molecule has 0 amide bonds. The van der Waals surface area contributed by atoms with E-state index in [9.17, 15) is 17.2 Å². The molecule has 0 spiro atoms. The van der Waals surface area contributed by atoms with Crippen LogP contribution in [-0.4, -0.2) is 46.9 Å². The monoisotopic (exact) mass is 540 g/mol. The number of nitrogens with one attached hydrogen (secondary N) is 3. The molecule has 1 aromatic rings. The number of aliphatic imine (C=N–C) groups is 1. The Balaban J connectivity index is 0.00000676. The van der Waals surface area contributed by atoms with Crippen LogP contribution >= 0.6 is 35.6 Å². The summed E-state index contributed by atoms with van der Waals surface area (Å²) in [5.74, 6) is 0.483. The van der Waals surface area contributed by atoms with Crippen LogP contribution in [-0.2, 0) is 16.6 Å². The topological polar surface area (TPSA) is 91.8 Å². The Morgan fingerprint density at radius 1 is 1.30 bits per heavy atom. The van der Waals surface area contributed by atoms with E-state index in [1.807, 2.05) is 6.92 Å². The first kappa shape index (κ1) is 26.1. The average Bonchev–Trinajstić information content (AvgIpc) is 2.53. The van der Waals surface area contributed by atoms with Gasteiger partial charge in [0.1, 0.15) is 5.75 Å². The van der Waals surface area contributed by atoms with Crippen LogP contribution < -0.4 is 20.1 Å². The van der Waals surface area contributed by atoms with E-state index in [1.165, 1.54) is 18.2 Å². The quantitative estimate of drug-likeness (QED) is 0.184. The molecule has 0 aliphatic rings. The van der Waals surface area contributed by atoms with E-state index in [0.29, 0.717) is 42.6 Å². The van der Waals surface area contributed by atoms with Gasteiger partial charge in [0, 0.05) is 30.2 Å². The maximum atomic E-state index is 12.5. The fourth-order valence-electron chi connectivity index (χ4n) is 1.94. The first-order valence-electron chi connectivity index (χ1n) is 7.91. The molecule has 7 nitrogen and oxygen atoms in total. The minimum atomic E-state index is -3.21. The normalized spacial score (nSPS) is 11.9. The lowest BCUT2D eigenvalue weighted by Crippen LogP contribution is -2.38. The van der Waals surface area contributed by atoms with Gasteiger partial charge in [-0.2, -0.15) is 8.78 Å². The van der Waals surface area contributed by atoms with Gasteiger partial charge in [-0.05, 0) is 31.5 Å². The Labute approximate surface area is 180 Å². The fourth-order valence-corrected chi connectivity index (χ4v) is 2.65. The molecule has 0 fully saturated rings. The van der Waals surface area contributed by atoms with Crippen molar-refractivity contribution in [2.75, 3.05) is 25.9 Å². The highest BCUT2D eigenvalue weighted by atomic mass is 127. The fraction of sp³-hybridized carbons (Fsp3) is 0.533. The molecule has 0 radical (unpaired) electrons. The number of alkyl halides is 2. The molecule has 0 aliphatic carbocycles. The summed E-state index contributed by atoms with van der Waals surface area (Å²) < 4.78 is 53.8. The summed E-state index contributed by atoms with van der Waals surface area (Å²) in [6.07, 6.45) is 1.64. The number of nitrogens with zero attached hydrogens (tertiary/aromatic N) is 1. The van der Waals surface area contributed by atoms with Gasteiger partial charge in [-0.3, -0.25) is 0 Å². The van der Waals surface area contributed by atoms with Crippen molar-refractivity contribution >= 4 is 51.6 Å². The summed E-state index contributed by atoms with van der Waals surface area (Å²) in [5.41, 5.74) is 0.425. The molecule has 0 unspecified atom stereocenters. The van der Waals surface area contributed by atoms with Crippen LogP contribution in [0.15, 0.2) is 23.2 Å². The van der Waals surface area contributed by atoms with E-state index in [0.717, 1.165) is 6.26 Å². The predicted octanol–water partition coefficient (Wildman–Crippen LogP) is 2.55. The molecule has 0 bridgehead atoms. The molecule has 0 heterocycles. The first-order valence-corrected chi connectivity index (χ1v) is 10.2. The van der Waals surface area contributed by atoms with Gasteiger partial charge < -0.3 is 15.4 Å². The second-order valence-electron chi connectivity index (χ2n) is 5.27. The van der Waals surface area contributed by atoms with Gasteiger partial charge in [0.2, 0.25) is 10.0 Å². The maximum absolute atomic E-state index is 12.5. The third kappa shape index (κ3) is 12.2. The number of halogens is 4. The lowest BCUT2D eigenvalue weighted by Gasteiger charge is -2.13. The molecule has 12 heteroatoms. The van der Waals surface area contributed by atoms with Crippen molar-refractivity contribution < 1.29 is 21.9 Å². The number of ether oxygens (including phenoxy) is 1. The Kier molecular flexibility index (Phi) is 12.8. The van der Waals surface area contributed by atoms with Crippen molar-refractivity contribution in [3.63, 3.8) is 0 Å². The Morgan fingerprint density at radius 2 is 2.00 bits per heavy atom. The Hall–Kier alpha value is -0.920. The van der Waals surface area contributed by atoms with Crippen LogP contribution in [0.1, 0.15) is 18.9 Å². The van der Waals surface area contributed by atoms with Crippen LogP contribution in [0.2, 0.25) is 5.02 Å². The van der Waals surface area contributed by atoms with Crippen molar-refractivity contribution in [1.82, 2.24) is 15.4 Å². The molecule has 0 aromatic heterocycles. The summed E-state index contributed by atoms with van der Waals surface area (Å²) >= 11 is 5.91. The van der Waals surface area contributed by atoms with Gasteiger partial charge in [-0.15, -0.1) is 24.0 Å². The zero-order valence-electron chi connectivity index (χ0n) is 15.0. The van der Waals surface area contributed by atoms with Crippen molar-refractivity contribution in [3.05, 3.63) is 28.8 Å². The van der Waals surface area contributed by atoms with Crippen LogP contribution in [0.4, 0.5) is 8.78 Å². The zero-order chi connectivity index (χ0) is 19.6. The predicted molar refractivity (Wildman–Crippen MR) is 114 cm³/mol. The zero-order valence-corrected chi connectivity index (χ0v) is 18.9. The van der Waals surface area contributed by atoms with E-state index in [4.69, 9.17) is 11.6 Å². The first-order chi connectivity index (χ1) is 12.2. The minimum absolute atomic E-state index is 0. The summed E-state index contributed by atoms with van der Waals surface area (Å²) in [4.78, 5) is 4.31. The third-order valence-corrected chi connectivity index (χ3v) is 3.96. The highest BCUT2D eigenvalue weighted by Crippen LogP contribution is 2.25. The van der Waals surface area contributed by atoms with Gasteiger partial charge in [-0.1, -0.05) is 11.6 Å². The molecule has 1 aromatic carbocycles. The molecule has 3 N–H and O–H groups in total. The van der Waals surface area contributed by atoms with Gasteiger partial charge in [0.05, 0.1) is 12.8 Å². The molecular formula is C15H24ClF2IN4O3S. The second-order valence-corrected chi connectivity index (χ2v) is 7.54. The third-order valence-electron chi connectivity index (χ3n) is 3.00. The van der Waals surface area contributed by atoms with Crippen LogP contribution in [0, 0.1) is 0 Å². The standard InChI is InChI=1S/C15H23ClF2N4O3S.HI/c1-3-19-15(20-7-4-8-22-26(2,23)24)21-10-11-9-12(16)5-6-13(11)25-14(17)18;/h5-6,9,14,22H,3-4,7-8,10H2,1-2H3,(H2,19,20,21);1H. The minimum Gasteiger partial charge on any atom is -0.434 e. The summed E-state index contributed by atoms with van der Waals surface area (Å²) in [5, 5.41) is 6.44. The highest BCUT2D eigenvalue weighted by Gasteiger charge is 2.10. The lowest BCUT2D eigenvalue weighted by atomic mass is 10.2. The molecular weight excluding hydrogens is 517 g/mol. The van der Waals surface area contributed by atoms with Gasteiger partial charge in [0.25, 0.3) is 0 Å². The average molecular weight is 541 g/mol. The number of rotatable bonds is 10. The number of hydrogen-bond donors (Lipinski definition) is 3. The molecule has 27 heavy (non-hydrogen) atoms. The molecule has 0 saturated carbocycles. The molecule has 1 rings (SSSR count). The van der Waals surface area contributed by atoms with Crippen LogP contribution in [0.5, 0.6) is 5.75 Å². The number of hydrogen-bond acceptors (Lipinski definition) is 4. The van der Waals surface area contributed by atoms with Crippen molar-refractivity contribution in [3.8, 4) is 5.75 Å². The molecule has 0 aliphatic heterocycles. The summed E-state index contributed by atoms with van der Waals surface area (Å²) in [6.45, 7) is 0.402. The lowest BCUT2D eigenvalue weighted by molar-refractivity contribution is -0.0504. The Morgan fingerprint density at radius 3 is 2.59 bits per heavy atom. The largest absolute Gasteiger partial charge is 0.434 e. The van der Waals surface area contributed by atoms with Gasteiger partial charge in [0.15, 0.2) is 5.96 Å². The number of guanidine groups is 1. The summed E-state index contributed by atoms with van der Waals surface area (Å²) in [6, 6.07) is 4.35. The van der Waals surface area contributed by atoms with E-state index in [1.54, 1.807) is 0 Å². The van der Waals surface area contributed by atoms with E-state index in [-0.39, 0.29) is 36.3 Å². The number of sulfonamides is 1. The summed E-state index contributed by atoms with van der Waals surface area (Å²) in [7, 11) is -3.21. The van der Waals surface area contributed by atoms with E-state index in [2.05, 4.69) is 25.1 Å². The maximum Gasteiger partial charge on any atom is 0.387 e. The van der Waals surface area contributed by atoms with E-state index >= 15 is 0 Å². The molecule has 0 atom stereocenters. The highest BCUT2D eigenvalue weighted by molar-refractivity contribution is 14.0. The van der Waals surface area contributed by atoms with Crippen molar-refractivity contribution in [2.45, 2.75) is 26.5 Å². The van der Waals surface area contributed by atoms with Crippen molar-refractivity contribution in [2.24, 2.45) is 4.99 Å². The van der Waals surface area contributed by atoms with Crippen LogP contribution in [0.25, 0.3) is 0 Å². The van der Waals surface area contributed by atoms with Gasteiger partial charge in [-0.25, -0.2) is 18.1 Å². The van der Waals surface area contributed by atoms with Crippen molar-refractivity contribution in [1.29, 1.82) is 0 Å². The molecule has 0 saturated heterocycles. The Bertz CT molecular complexity index is 708. The number of benzene rings is 1. The van der Waals surface area contributed by atoms with Gasteiger partial charge >= 0.3 is 6.61 Å². The molecule has 156 valence electrons. The smallest absolute Gasteiger partial charge is 0.387 e. The second kappa shape index (κ2) is 13.3. The van der Waals surface area contributed by atoms with Crippen LogP contribution in [0.3, 0.4) is 0 Å².